The second-order valence-corrected chi connectivity index (χ2v) is 5.26. The summed E-state index contributed by atoms with van der Waals surface area (Å²) in [7, 11) is 0. The first-order valence-electron chi connectivity index (χ1n) is 6.19. The summed E-state index contributed by atoms with van der Waals surface area (Å²) in [6, 6.07) is 4.70. The maximum absolute atomic E-state index is 13.0. The lowest BCUT2D eigenvalue weighted by Gasteiger charge is -2.11. The Morgan fingerprint density at radius 3 is 2.68 bits per heavy atom. The molecule has 2 N–H and O–H groups in total. The lowest BCUT2D eigenvalue weighted by molar-refractivity contribution is -0.147. The van der Waals surface area contributed by atoms with E-state index in [0.29, 0.717) is 35.1 Å². The molecule has 1 fully saturated rings. The van der Waals surface area contributed by atoms with Crippen LogP contribution in [0.1, 0.15) is 19.2 Å². The molecule has 102 valence electrons. The van der Waals surface area contributed by atoms with Gasteiger partial charge in [-0.2, -0.15) is 13.2 Å². The van der Waals surface area contributed by atoms with Crippen molar-refractivity contribution in [2.24, 2.45) is 11.8 Å². The third kappa shape index (κ3) is 2.15. The van der Waals surface area contributed by atoms with Crippen molar-refractivity contribution in [3.8, 4) is 0 Å². The molecule has 6 heteroatoms. The third-order valence-corrected chi connectivity index (χ3v) is 3.72. The summed E-state index contributed by atoms with van der Waals surface area (Å²) < 4.78 is 40.4. The number of benzene rings is 1. The number of imidazole rings is 1. The zero-order valence-electron chi connectivity index (χ0n) is 10.4. The van der Waals surface area contributed by atoms with Crippen LogP contribution >= 0.6 is 0 Å². The number of halogens is 3. The van der Waals surface area contributed by atoms with E-state index in [1.165, 1.54) is 10.6 Å². The van der Waals surface area contributed by atoms with Crippen molar-refractivity contribution in [3.63, 3.8) is 0 Å². The zero-order valence-corrected chi connectivity index (χ0v) is 10.4. The SMILES string of the molecule is CC1CC1Cn1c(C(F)(F)F)nc2cc(N)ccc21. The molecule has 0 amide bonds. The van der Waals surface area contributed by atoms with E-state index in [-0.39, 0.29) is 0 Å². The van der Waals surface area contributed by atoms with Crippen LogP contribution in [0.25, 0.3) is 11.0 Å². The molecule has 1 aliphatic rings. The Balaban J connectivity index is 2.13. The Bertz CT molecular complexity index is 630. The van der Waals surface area contributed by atoms with E-state index in [0.717, 1.165) is 6.42 Å². The van der Waals surface area contributed by atoms with E-state index in [1.54, 1.807) is 12.1 Å². The molecule has 1 aliphatic carbocycles. The number of nitrogens with zero attached hydrogens (tertiary/aromatic N) is 2. The number of aromatic nitrogens is 2. The highest BCUT2D eigenvalue weighted by Crippen LogP contribution is 2.41. The molecule has 1 heterocycles. The first-order valence-corrected chi connectivity index (χ1v) is 6.19. The summed E-state index contributed by atoms with van der Waals surface area (Å²) in [6.07, 6.45) is -3.46. The molecule has 2 atom stereocenters. The van der Waals surface area contributed by atoms with Crippen molar-refractivity contribution in [2.45, 2.75) is 26.1 Å². The Kier molecular flexibility index (Phi) is 2.52. The molecule has 2 unspecified atom stereocenters. The fourth-order valence-electron chi connectivity index (χ4n) is 2.44. The molecule has 3 nitrogen and oxygen atoms in total. The van der Waals surface area contributed by atoms with E-state index >= 15 is 0 Å². The number of alkyl halides is 3. The minimum absolute atomic E-state index is 0.306. The average Bonchev–Trinajstić information content (AvgIpc) is 2.85. The fraction of sp³-hybridized carbons (Fsp3) is 0.462. The van der Waals surface area contributed by atoms with Gasteiger partial charge in [-0.05, 0) is 36.5 Å². The molecule has 3 rings (SSSR count). The first-order chi connectivity index (χ1) is 8.86. The van der Waals surface area contributed by atoms with Crippen LogP contribution in [0.4, 0.5) is 18.9 Å². The number of nitrogens with two attached hydrogens (primary N) is 1. The van der Waals surface area contributed by atoms with Gasteiger partial charge in [0.15, 0.2) is 0 Å². The van der Waals surface area contributed by atoms with Crippen LogP contribution in [0, 0.1) is 11.8 Å². The lowest BCUT2D eigenvalue weighted by atomic mass is 10.2. The van der Waals surface area contributed by atoms with Crippen LogP contribution in [0.15, 0.2) is 18.2 Å². The maximum atomic E-state index is 13.0. The molecule has 1 aromatic heterocycles. The highest BCUT2D eigenvalue weighted by atomic mass is 19.4. The largest absolute Gasteiger partial charge is 0.449 e. The highest BCUT2D eigenvalue weighted by Gasteiger charge is 2.40. The summed E-state index contributed by atoms with van der Waals surface area (Å²) in [4.78, 5) is 3.71. The smallest absolute Gasteiger partial charge is 0.399 e. The second-order valence-electron chi connectivity index (χ2n) is 5.26. The number of hydrogen-bond acceptors (Lipinski definition) is 2. The summed E-state index contributed by atoms with van der Waals surface area (Å²) in [5.41, 5.74) is 6.83. The predicted octanol–water partition coefficient (Wildman–Crippen LogP) is 3.29. The molecule has 0 aliphatic heterocycles. The number of nitrogen functional groups attached to an aromatic ring is 1. The van der Waals surface area contributed by atoms with Crippen LogP contribution in [-0.4, -0.2) is 9.55 Å². The van der Waals surface area contributed by atoms with Crippen LogP contribution in [0.2, 0.25) is 0 Å². The minimum atomic E-state index is -4.44. The van der Waals surface area contributed by atoms with Gasteiger partial charge in [0.05, 0.1) is 11.0 Å². The van der Waals surface area contributed by atoms with Crippen molar-refractivity contribution < 1.29 is 13.2 Å². The van der Waals surface area contributed by atoms with Gasteiger partial charge in [0.25, 0.3) is 0 Å². The zero-order chi connectivity index (χ0) is 13.8. The van der Waals surface area contributed by atoms with Gasteiger partial charge in [-0.25, -0.2) is 4.98 Å². The molecule has 0 bridgehead atoms. The number of rotatable bonds is 2. The maximum Gasteiger partial charge on any atom is 0.449 e. The summed E-state index contributed by atoms with van der Waals surface area (Å²) in [6.45, 7) is 2.42. The lowest BCUT2D eigenvalue weighted by Crippen LogP contribution is -2.16. The first kappa shape index (κ1) is 12.3. The Morgan fingerprint density at radius 2 is 2.11 bits per heavy atom. The average molecular weight is 269 g/mol. The normalized spacial score (nSPS) is 22.9. The molecular formula is C13H14F3N3. The Morgan fingerprint density at radius 1 is 1.42 bits per heavy atom. The van der Waals surface area contributed by atoms with E-state index in [1.807, 2.05) is 0 Å². The third-order valence-electron chi connectivity index (χ3n) is 3.72. The van der Waals surface area contributed by atoms with Crippen molar-refractivity contribution in [1.82, 2.24) is 9.55 Å². The standard InChI is InChI=1S/C13H14F3N3/c1-7-4-8(7)6-19-11-3-2-9(17)5-10(11)18-12(19)13(14,15)16/h2-3,5,7-8H,4,6,17H2,1H3. The molecular weight excluding hydrogens is 255 g/mol. The van der Waals surface area contributed by atoms with E-state index < -0.39 is 12.0 Å². The molecule has 1 aromatic carbocycles. The molecule has 19 heavy (non-hydrogen) atoms. The highest BCUT2D eigenvalue weighted by molar-refractivity contribution is 5.79. The van der Waals surface area contributed by atoms with Crippen LogP contribution < -0.4 is 5.73 Å². The van der Waals surface area contributed by atoms with Crippen molar-refractivity contribution in [3.05, 3.63) is 24.0 Å². The number of anilines is 1. The van der Waals surface area contributed by atoms with Gasteiger partial charge in [0.2, 0.25) is 5.82 Å². The molecule has 0 spiro atoms. The van der Waals surface area contributed by atoms with Crippen LogP contribution in [0.5, 0.6) is 0 Å². The molecule has 1 saturated carbocycles. The van der Waals surface area contributed by atoms with Gasteiger partial charge in [-0.3, -0.25) is 0 Å². The summed E-state index contributed by atoms with van der Waals surface area (Å²) in [5.74, 6) is -0.0180. The van der Waals surface area contributed by atoms with E-state index in [2.05, 4.69) is 11.9 Å². The Labute approximate surface area is 108 Å². The Hall–Kier alpha value is -1.72. The fourth-order valence-corrected chi connectivity index (χ4v) is 2.44. The van der Waals surface area contributed by atoms with Crippen molar-refractivity contribution >= 4 is 16.7 Å². The van der Waals surface area contributed by atoms with Crippen LogP contribution in [-0.2, 0) is 12.7 Å². The second kappa shape index (κ2) is 3.88. The quantitative estimate of drug-likeness (QED) is 0.850. The number of fused-ring (bicyclic) bond motifs is 1. The molecule has 2 aromatic rings. The van der Waals surface area contributed by atoms with E-state index in [9.17, 15) is 13.2 Å². The van der Waals surface area contributed by atoms with Gasteiger partial charge in [0.1, 0.15) is 0 Å². The van der Waals surface area contributed by atoms with Gasteiger partial charge < -0.3 is 10.3 Å². The molecule has 0 saturated heterocycles. The topological polar surface area (TPSA) is 43.8 Å². The summed E-state index contributed by atoms with van der Waals surface area (Å²) >= 11 is 0. The van der Waals surface area contributed by atoms with E-state index in [4.69, 9.17) is 5.73 Å². The van der Waals surface area contributed by atoms with Crippen LogP contribution in [0.3, 0.4) is 0 Å². The van der Waals surface area contributed by atoms with Crippen molar-refractivity contribution in [1.29, 1.82) is 0 Å². The molecule has 0 radical (unpaired) electrons. The van der Waals surface area contributed by atoms with Gasteiger partial charge in [0, 0.05) is 12.2 Å². The van der Waals surface area contributed by atoms with Crippen molar-refractivity contribution in [2.75, 3.05) is 5.73 Å². The van der Waals surface area contributed by atoms with Gasteiger partial charge >= 0.3 is 6.18 Å². The summed E-state index contributed by atoms with van der Waals surface area (Å²) in [5, 5.41) is 0. The van der Waals surface area contributed by atoms with Gasteiger partial charge in [-0.1, -0.05) is 6.92 Å². The predicted molar refractivity (Wildman–Crippen MR) is 66.4 cm³/mol. The minimum Gasteiger partial charge on any atom is -0.399 e. The van der Waals surface area contributed by atoms with Gasteiger partial charge in [-0.15, -0.1) is 0 Å². The monoisotopic (exact) mass is 269 g/mol. The number of hydrogen-bond donors (Lipinski definition) is 1.